The first kappa shape index (κ1) is 8.60. The van der Waals surface area contributed by atoms with Crippen molar-refractivity contribution in [2.75, 3.05) is 14.1 Å². The van der Waals surface area contributed by atoms with Crippen molar-refractivity contribution in [1.29, 1.82) is 0 Å². The molecule has 0 aromatic rings. The Morgan fingerprint density at radius 3 is 2.55 bits per heavy atom. The van der Waals surface area contributed by atoms with Gasteiger partial charge in [0.2, 0.25) is 0 Å². The van der Waals surface area contributed by atoms with Crippen molar-refractivity contribution in [3.8, 4) is 0 Å². The van der Waals surface area contributed by atoms with Gasteiger partial charge in [-0.25, -0.2) is 0 Å². The highest BCUT2D eigenvalue weighted by molar-refractivity contribution is 4.98. The highest BCUT2D eigenvalue weighted by Crippen LogP contribution is 2.15. The van der Waals surface area contributed by atoms with Crippen LogP contribution in [0.3, 0.4) is 0 Å². The minimum atomic E-state index is 0.532. The van der Waals surface area contributed by atoms with E-state index in [1.54, 1.807) is 0 Å². The minimum Gasteiger partial charge on any atom is -0.365 e. The first-order valence-corrected chi connectivity index (χ1v) is 4.29. The highest BCUT2D eigenvalue weighted by Gasteiger charge is 2.21. The summed E-state index contributed by atoms with van der Waals surface area (Å²) in [6, 6.07) is 0.626. The Morgan fingerprint density at radius 1 is 1.36 bits per heavy atom. The summed E-state index contributed by atoms with van der Waals surface area (Å²) in [7, 11) is 4.29. The van der Waals surface area contributed by atoms with E-state index in [1.165, 1.54) is 6.42 Å². The molecule has 0 spiro atoms. The van der Waals surface area contributed by atoms with Gasteiger partial charge in [-0.1, -0.05) is 13.0 Å². The predicted octanol–water partition coefficient (Wildman–Crippen LogP) is 1.50. The number of nitrogens with zero attached hydrogens (tertiary/aromatic N) is 2. The molecule has 1 aliphatic rings. The normalized spacial score (nSPS) is 32.9. The van der Waals surface area contributed by atoms with Crippen molar-refractivity contribution >= 4 is 0 Å². The second kappa shape index (κ2) is 3.26. The van der Waals surface area contributed by atoms with Crippen LogP contribution in [-0.2, 0) is 0 Å². The lowest BCUT2D eigenvalue weighted by Gasteiger charge is -2.40. The second-order valence-corrected chi connectivity index (χ2v) is 3.28. The summed E-state index contributed by atoms with van der Waals surface area (Å²) in [6.45, 7) is 4.45. The SMILES string of the molecule is CCC1C=CN(C)C(C)N1C. The summed E-state index contributed by atoms with van der Waals surface area (Å²) in [5.41, 5.74) is 0. The fourth-order valence-electron chi connectivity index (χ4n) is 1.48. The van der Waals surface area contributed by atoms with E-state index in [0.29, 0.717) is 12.2 Å². The van der Waals surface area contributed by atoms with Crippen molar-refractivity contribution in [3.63, 3.8) is 0 Å². The molecule has 2 heteroatoms. The molecule has 0 amide bonds. The van der Waals surface area contributed by atoms with Crippen LogP contribution in [-0.4, -0.2) is 36.1 Å². The molecule has 64 valence electrons. The van der Waals surface area contributed by atoms with Crippen molar-refractivity contribution in [1.82, 2.24) is 9.80 Å². The van der Waals surface area contributed by atoms with Gasteiger partial charge < -0.3 is 4.90 Å². The summed E-state index contributed by atoms with van der Waals surface area (Å²) in [6.07, 6.45) is 6.18. The van der Waals surface area contributed by atoms with Crippen LogP contribution >= 0.6 is 0 Å². The van der Waals surface area contributed by atoms with Crippen LogP contribution in [0.5, 0.6) is 0 Å². The van der Waals surface area contributed by atoms with Gasteiger partial charge in [0.15, 0.2) is 0 Å². The third-order valence-corrected chi connectivity index (χ3v) is 2.66. The topological polar surface area (TPSA) is 6.48 Å². The van der Waals surface area contributed by atoms with Gasteiger partial charge in [-0.2, -0.15) is 0 Å². The molecule has 2 nitrogen and oxygen atoms in total. The van der Waals surface area contributed by atoms with Crippen LogP contribution in [0.15, 0.2) is 12.3 Å². The number of hydrogen-bond donors (Lipinski definition) is 0. The fraction of sp³-hybridized carbons (Fsp3) is 0.778. The van der Waals surface area contributed by atoms with Crippen molar-refractivity contribution in [2.45, 2.75) is 32.5 Å². The molecule has 11 heavy (non-hydrogen) atoms. The maximum atomic E-state index is 2.39. The number of rotatable bonds is 1. The molecule has 2 unspecified atom stereocenters. The van der Waals surface area contributed by atoms with Gasteiger partial charge in [0.05, 0.1) is 6.17 Å². The Labute approximate surface area is 69.5 Å². The van der Waals surface area contributed by atoms with Crippen molar-refractivity contribution in [3.05, 3.63) is 12.3 Å². The Morgan fingerprint density at radius 2 is 2.00 bits per heavy atom. The lowest BCUT2D eigenvalue weighted by Crippen LogP contribution is -2.47. The number of likely N-dealkylation sites (N-methyl/N-ethyl adjacent to an activating group) is 1. The first-order valence-electron chi connectivity index (χ1n) is 4.29. The Hall–Kier alpha value is -0.500. The van der Waals surface area contributed by atoms with Gasteiger partial charge in [0, 0.05) is 13.1 Å². The summed E-state index contributed by atoms with van der Waals surface area (Å²) in [4.78, 5) is 4.62. The quantitative estimate of drug-likeness (QED) is 0.565. The van der Waals surface area contributed by atoms with E-state index in [-0.39, 0.29) is 0 Å². The zero-order valence-corrected chi connectivity index (χ0v) is 7.91. The average Bonchev–Trinajstić information content (AvgIpc) is 2.01. The summed E-state index contributed by atoms with van der Waals surface area (Å²) >= 11 is 0. The molecule has 1 heterocycles. The lowest BCUT2D eigenvalue weighted by molar-refractivity contribution is 0.0915. The molecule has 1 aliphatic heterocycles. The molecule has 1 rings (SSSR count). The van der Waals surface area contributed by atoms with Crippen LogP contribution in [0, 0.1) is 0 Å². The van der Waals surface area contributed by atoms with Crippen molar-refractivity contribution < 1.29 is 0 Å². The monoisotopic (exact) mass is 154 g/mol. The van der Waals surface area contributed by atoms with Crippen LogP contribution in [0.4, 0.5) is 0 Å². The Balaban J connectivity index is 2.68. The molecule has 0 aromatic heterocycles. The van der Waals surface area contributed by atoms with E-state index in [4.69, 9.17) is 0 Å². The molecule has 0 N–H and O–H groups in total. The molecular formula is C9H18N2. The van der Waals surface area contributed by atoms with Gasteiger partial charge >= 0.3 is 0 Å². The molecule has 0 saturated heterocycles. The highest BCUT2D eigenvalue weighted by atomic mass is 15.3. The maximum Gasteiger partial charge on any atom is 0.0785 e. The zero-order chi connectivity index (χ0) is 8.43. The van der Waals surface area contributed by atoms with Gasteiger partial charge in [0.25, 0.3) is 0 Å². The van der Waals surface area contributed by atoms with E-state index < -0.39 is 0 Å². The average molecular weight is 154 g/mol. The Bertz CT molecular complexity index is 154. The molecule has 0 bridgehead atoms. The Kier molecular flexibility index (Phi) is 2.55. The predicted molar refractivity (Wildman–Crippen MR) is 48.2 cm³/mol. The van der Waals surface area contributed by atoms with E-state index in [1.807, 2.05) is 0 Å². The van der Waals surface area contributed by atoms with Crippen LogP contribution in [0.1, 0.15) is 20.3 Å². The van der Waals surface area contributed by atoms with E-state index in [2.05, 4.69) is 50.0 Å². The molecule has 2 atom stereocenters. The summed E-state index contributed by atoms with van der Waals surface area (Å²) < 4.78 is 0. The molecule has 0 aromatic carbocycles. The van der Waals surface area contributed by atoms with Gasteiger partial charge in [-0.05, 0) is 26.6 Å². The molecule has 0 aliphatic carbocycles. The molecular weight excluding hydrogens is 136 g/mol. The minimum absolute atomic E-state index is 0.532. The lowest BCUT2D eigenvalue weighted by atomic mass is 10.1. The van der Waals surface area contributed by atoms with Crippen LogP contribution in [0.2, 0.25) is 0 Å². The van der Waals surface area contributed by atoms with Crippen molar-refractivity contribution in [2.24, 2.45) is 0 Å². The van der Waals surface area contributed by atoms with Gasteiger partial charge in [-0.3, -0.25) is 4.90 Å². The van der Waals surface area contributed by atoms with E-state index >= 15 is 0 Å². The molecule has 0 saturated carbocycles. The third kappa shape index (κ3) is 1.56. The molecule has 0 fully saturated rings. The van der Waals surface area contributed by atoms with Crippen LogP contribution < -0.4 is 0 Å². The second-order valence-electron chi connectivity index (χ2n) is 3.28. The van der Waals surface area contributed by atoms with Crippen LogP contribution in [0.25, 0.3) is 0 Å². The fourth-order valence-corrected chi connectivity index (χ4v) is 1.48. The molecule has 0 radical (unpaired) electrons. The summed E-state index contributed by atoms with van der Waals surface area (Å²) in [5, 5.41) is 0. The first-order chi connectivity index (χ1) is 5.16. The summed E-state index contributed by atoms with van der Waals surface area (Å²) in [5.74, 6) is 0. The smallest absolute Gasteiger partial charge is 0.0785 e. The number of hydrogen-bond acceptors (Lipinski definition) is 2. The van der Waals surface area contributed by atoms with E-state index in [0.717, 1.165) is 0 Å². The zero-order valence-electron chi connectivity index (χ0n) is 7.91. The third-order valence-electron chi connectivity index (χ3n) is 2.66. The maximum absolute atomic E-state index is 2.39. The largest absolute Gasteiger partial charge is 0.365 e. The van der Waals surface area contributed by atoms with Gasteiger partial charge in [-0.15, -0.1) is 0 Å². The van der Waals surface area contributed by atoms with Gasteiger partial charge in [0.1, 0.15) is 0 Å². The standard InChI is InChI=1S/C9H18N2/c1-5-9-6-7-10(3)8(2)11(9)4/h6-9H,5H2,1-4H3. The van der Waals surface area contributed by atoms with E-state index in [9.17, 15) is 0 Å².